The first-order valence-electron chi connectivity index (χ1n) is 5.47. The van der Waals surface area contributed by atoms with Crippen molar-refractivity contribution in [2.24, 2.45) is 0 Å². The topological polar surface area (TPSA) is 43.2 Å². The van der Waals surface area contributed by atoms with E-state index in [2.05, 4.69) is 10.1 Å². The quantitative estimate of drug-likeness (QED) is 0.563. The van der Waals surface area contributed by atoms with Crippen LogP contribution >= 0.6 is 0 Å². The molecular formula is C11H11BFN3O. The largest absolute Gasteiger partial charge is 0.369 e. The van der Waals surface area contributed by atoms with E-state index in [0.717, 1.165) is 5.56 Å². The summed E-state index contributed by atoms with van der Waals surface area (Å²) in [7, 11) is 1.97. The van der Waals surface area contributed by atoms with Gasteiger partial charge in [-0.1, -0.05) is 12.1 Å². The second kappa shape index (κ2) is 3.66. The van der Waals surface area contributed by atoms with Gasteiger partial charge in [-0.2, -0.15) is 5.10 Å². The monoisotopic (exact) mass is 231 g/mol. The molecule has 17 heavy (non-hydrogen) atoms. The lowest BCUT2D eigenvalue weighted by Crippen LogP contribution is -2.21. The highest BCUT2D eigenvalue weighted by Gasteiger charge is 2.54. The zero-order valence-electron chi connectivity index (χ0n) is 9.38. The highest BCUT2D eigenvalue weighted by molar-refractivity contribution is 6.13. The number of halogens is 1. The SMILES string of the molecule is BC1OC1(Cn1cncn1)c1cccc(F)c1. The van der Waals surface area contributed by atoms with Crippen molar-refractivity contribution in [3.63, 3.8) is 0 Å². The van der Waals surface area contributed by atoms with Gasteiger partial charge in [0.2, 0.25) is 0 Å². The Morgan fingerprint density at radius 3 is 2.94 bits per heavy atom. The van der Waals surface area contributed by atoms with Gasteiger partial charge in [-0.25, -0.2) is 14.1 Å². The van der Waals surface area contributed by atoms with Crippen LogP contribution in [0, 0.1) is 5.82 Å². The molecule has 0 amide bonds. The predicted octanol–water partition coefficient (Wildman–Crippen LogP) is 0.302. The van der Waals surface area contributed by atoms with Crippen LogP contribution in [0.1, 0.15) is 5.56 Å². The van der Waals surface area contributed by atoms with E-state index >= 15 is 0 Å². The molecule has 6 heteroatoms. The van der Waals surface area contributed by atoms with Gasteiger partial charge in [-0.3, -0.25) is 0 Å². The van der Waals surface area contributed by atoms with Crippen LogP contribution in [0.2, 0.25) is 0 Å². The van der Waals surface area contributed by atoms with Gasteiger partial charge in [-0.15, -0.1) is 0 Å². The summed E-state index contributed by atoms with van der Waals surface area (Å²) in [6.07, 6.45) is 3.11. The third kappa shape index (κ3) is 1.74. The molecule has 2 atom stereocenters. The Kier molecular flexibility index (Phi) is 2.26. The van der Waals surface area contributed by atoms with E-state index in [0.29, 0.717) is 6.54 Å². The predicted molar refractivity (Wildman–Crippen MR) is 61.5 cm³/mol. The number of hydrogen-bond acceptors (Lipinski definition) is 3. The molecule has 0 N–H and O–H groups in total. The Balaban J connectivity index is 1.93. The number of rotatable bonds is 3. The number of nitrogens with zero attached hydrogens (tertiary/aromatic N) is 3. The Hall–Kier alpha value is -1.69. The highest BCUT2D eigenvalue weighted by Crippen LogP contribution is 2.45. The Morgan fingerprint density at radius 1 is 1.53 bits per heavy atom. The van der Waals surface area contributed by atoms with Crippen LogP contribution in [0.3, 0.4) is 0 Å². The first kappa shape index (κ1) is 10.5. The summed E-state index contributed by atoms with van der Waals surface area (Å²) >= 11 is 0. The van der Waals surface area contributed by atoms with Gasteiger partial charge in [0.05, 0.1) is 12.5 Å². The maximum Gasteiger partial charge on any atom is 0.143 e. The third-order valence-corrected chi connectivity index (χ3v) is 3.16. The molecule has 86 valence electrons. The van der Waals surface area contributed by atoms with Crippen LogP contribution in [0.5, 0.6) is 0 Å². The molecule has 1 aliphatic heterocycles. The minimum absolute atomic E-state index is 0.0634. The number of hydrogen-bond donors (Lipinski definition) is 0. The zero-order valence-corrected chi connectivity index (χ0v) is 9.38. The van der Waals surface area contributed by atoms with Crippen LogP contribution in [-0.4, -0.2) is 28.6 Å². The fourth-order valence-corrected chi connectivity index (χ4v) is 2.15. The maximum atomic E-state index is 13.2. The molecule has 0 aliphatic carbocycles. The molecule has 1 aromatic heterocycles. The average molecular weight is 231 g/mol. The molecule has 0 spiro atoms. The molecular weight excluding hydrogens is 220 g/mol. The summed E-state index contributed by atoms with van der Waals surface area (Å²) in [5.74, 6) is -0.247. The molecule has 4 nitrogen and oxygen atoms in total. The normalized spacial score (nSPS) is 27.0. The summed E-state index contributed by atoms with van der Waals surface area (Å²) in [6, 6.07) is 6.58. The molecule has 2 heterocycles. The van der Waals surface area contributed by atoms with E-state index in [4.69, 9.17) is 4.74 Å². The maximum absolute atomic E-state index is 13.2. The first-order chi connectivity index (χ1) is 8.21. The minimum Gasteiger partial charge on any atom is -0.369 e. The van der Waals surface area contributed by atoms with E-state index < -0.39 is 5.60 Å². The van der Waals surface area contributed by atoms with E-state index in [1.807, 2.05) is 13.9 Å². The number of epoxide rings is 1. The molecule has 1 aliphatic rings. The van der Waals surface area contributed by atoms with Gasteiger partial charge in [0.1, 0.15) is 31.9 Å². The molecule has 1 fully saturated rings. The van der Waals surface area contributed by atoms with Crippen molar-refractivity contribution in [2.45, 2.75) is 18.1 Å². The van der Waals surface area contributed by atoms with Crippen molar-refractivity contribution in [3.05, 3.63) is 48.3 Å². The van der Waals surface area contributed by atoms with Gasteiger partial charge >= 0.3 is 0 Å². The third-order valence-electron chi connectivity index (χ3n) is 3.16. The summed E-state index contributed by atoms with van der Waals surface area (Å²) in [5, 5.41) is 4.06. The van der Waals surface area contributed by atoms with Crippen LogP contribution in [0.4, 0.5) is 4.39 Å². The van der Waals surface area contributed by atoms with Crippen LogP contribution in [0.15, 0.2) is 36.9 Å². The van der Waals surface area contributed by atoms with Crippen molar-refractivity contribution >= 4 is 7.85 Å². The molecule has 2 unspecified atom stereocenters. The summed E-state index contributed by atoms with van der Waals surface area (Å²) < 4.78 is 20.6. The van der Waals surface area contributed by atoms with Crippen molar-refractivity contribution in [3.8, 4) is 0 Å². The fourth-order valence-electron chi connectivity index (χ4n) is 2.15. The van der Waals surface area contributed by atoms with E-state index in [1.54, 1.807) is 17.1 Å². The van der Waals surface area contributed by atoms with E-state index in [9.17, 15) is 4.39 Å². The average Bonchev–Trinajstić information content (AvgIpc) is 2.75. The number of ether oxygens (including phenoxy) is 1. The Morgan fingerprint density at radius 2 is 2.35 bits per heavy atom. The molecule has 0 saturated carbocycles. The standard InChI is InChI=1S/C11H11BFN3O/c12-10-11(17-10,5-16-7-14-6-15-16)8-2-1-3-9(13)4-8/h1-4,6-7,10H,5,12H2. The lowest BCUT2D eigenvalue weighted by atomic mass is 9.85. The van der Waals surface area contributed by atoms with Gasteiger partial charge < -0.3 is 4.74 Å². The van der Waals surface area contributed by atoms with Gasteiger partial charge in [0.15, 0.2) is 0 Å². The lowest BCUT2D eigenvalue weighted by Gasteiger charge is -2.13. The zero-order chi connectivity index (χ0) is 11.9. The second-order valence-electron chi connectivity index (χ2n) is 4.25. The van der Waals surface area contributed by atoms with Crippen molar-refractivity contribution in [1.29, 1.82) is 0 Å². The molecule has 3 rings (SSSR count). The van der Waals surface area contributed by atoms with Gasteiger partial charge in [0.25, 0.3) is 0 Å². The number of benzene rings is 1. The van der Waals surface area contributed by atoms with E-state index in [1.165, 1.54) is 18.5 Å². The molecule has 0 radical (unpaired) electrons. The van der Waals surface area contributed by atoms with E-state index in [-0.39, 0.29) is 11.8 Å². The van der Waals surface area contributed by atoms with Crippen molar-refractivity contribution < 1.29 is 9.13 Å². The summed E-state index contributed by atoms with van der Waals surface area (Å²) in [5.41, 5.74) is 0.385. The first-order valence-corrected chi connectivity index (χ1v) is 5.47. The highest BCUT2D eigenvalue weighted by atomic mass is 19.1. The Bertz CT molecular complexity index is 533. The lowest BCUT2D eigenvalue weighted by molar-refractivity contribution is 0.266. The Labute approximate surface area is 98.8 Å². The summed E-state index contributed by atoms with van der Waals surface area (Å²) in [4.78, 5) is 3.89. The van der Waals surface area contributed by atoms with Crippen LogP contribution in [0.25, 0.3) is 0 Å². The smallest absolute Gasteiger partial charge is 0.143 e. The molecule has 1 aromatic carbocycles. The fraction of sp³-hybridized carbons (Fsp3) is 0.273. The number of aromatic nitrogens is 3. The minimum atomic E-state index is -0.463. The molecule has 2 aromatic rings. The molecule has 0 bridgehead atoms. The van der Waals surface area contributed by atoms with Gasteiger partial charge in [0, 0.05) is 0 Å². The van der Waals surface area contributed by atoms with Crippen molar-refractivity contribution in [2.75, 3.05) is 0 Å². The van der Waals surface area contributed by atoms with Gasteiger partial charge in [-0.05, 0) is 17.7 Å². The van der Waals surface area contributed by atoms with Crippen molar-refractivity contribution in [1.82, 2.24) is 14.8 Å². The second-order valence-corrected chi connectivity index (χ2v) is 4.25. The van der Waals surface area contributed by atoms with Crippen LogP contribution in [-0.2, 0) is 16.9 Å². The molecule has 1 saturated heterocycles. The summed E-state index contributed by atoms with van der Waals surface area (Å²) in [6.45, 7) is 0.553. The van der Waals surface area contributed by atoms with Crippen LogP contribution < -0.4 is 0 Å².